The van der Waals surface area contributed by atoms with Gasteiger partial charge in [-0.15, -0.1) is 11.8 Å². The molecule has 2 atom stereocenters. The Bertz CT molecular complexity index is 673. The van der Waals surface area contributed by atoms with E-state index < -0.39 is 0 Å². The van der Waals surface area contributed by atoms with Crippen LogP contribution in [-0.2, 0) is 12.3 Å². The standard InChI is InChI=1S/C19H26N2S/c1-3-9-20-10-5-7-15-16-6-4-8-17-19(16)14(11-18(15)20)12-21(17)13-22-2/h4,6,8,12,15,18H,3,5,7,9-11,13H2,1-2H3/t15-,18-/m1/s1. The van der Waals surface area contributed by atoms with Crippen LogP contribution in [0.15, 0.2) is 24.4 Å². The second-order valence-electron chi connectivity index (χ2n) is 6.84. The number of thioether (sulfide) groups is 1. The van der Waals surface area contributed by atoms with E-state index >= 15 is 0 Å². The molecule has 1 aliphatic carbocycles. The maximum absolute atomic E-state index is 2.77. The number of rotatable bonds is 4. The second kappa shape index (κ2) is 5.93. The van der Waals surface area contributed by atoms with Gasteiger partial charge in [0.1, 0.15) is 0 Å². The first kappa shape index (κ1) is 14.6. The first-order valence-corrected chi connectivity index (χ1v) is 10.1. The van der Waals surface area contributed by atoms with Crippen LogP contribution in [0.1, 0.15) is 43.2 Å². The minimum atomic E-state index is 0.733. The van der Waals surface area contributed by atoms with Crippen molar-refractivity contribution in [3.8, 4) is 0 Å². The maximum Gasteiger partial charge on any atom is 0.0680 e. The summed E-state index contributed by atoms with van der Waals surface area (Å²) in [5, 5.41) is 1.58. The molecule has 1 aliphatic heterocycles. The van der Waals surface area contributed by atoms with Crippen molar-refractivity contribution in [2.24, 2.45) is 0 Å². The fourth-order valence-electron chi connectivity index (χ4n) is 4.73. The third kappa shape index (κ3) is 2.21. The van der Waals surface area contributed by atoms with E-state index in [1.54, 1.807) is 16.5 Å². The minimum absolute atomic E-state index is 0.733. The van der Waals surface area contributed by atoms with Gasteiger partial charge in [-0.25, -0.2) is 0 Å². The van der Waals surface area contributed by atoms with E-state index in [-0.39, 0.29) is 0 Å². The number of benzene rings is 1. The van der Waals surface area contributed by atoms with E-state index in [1.807, 2.05) is 11.8 Å². The zero-order chi connectivity index (χ0) is 15.1. The molecule has 0 radical (unpaired) electrons. The largest absolute Gasteiger partial charge is 0.337 e. The van der Waals surface area contributed by atoms with Crippen molar-refractivity contribution < 1.29 is 0 Å². The van der Waals surface area contributed by atoms with Crippen LogP contribution in [0.25, 0.3) is 10.9 Å². The molecule has 0 spiro atoms. The Balaban J connectivity index is 1.81. The van der Waals surface area contributed by atoms with Crippen molar-refractivity contribution in [1.82, 2.24) is 9.47 Å². The molecular weight excluding hydrogens is 288 g/mol. The summed E-state index contributed by atoms with van der Waals surface area (Å²) < 4.78 is 2.46. The Hall–Kier alpha value is -0.930. The molecule has 2 aromatic rings. The van der Waals surface area contributed by atoms with Crippen LogP contribution in [0.4, 0.5) is 0 Å². The van der Waals surface area contributed by atoms with E-state index in [4.69, 9.17) is 0 Å². The number of piperidine rings is 1. The van der Waals surface area contributed by atoms with Crippen molar-refractivity contribution in [2.75, 3.05) is 19.3 Å². The monoisotopic (exact) mass is 314 g/mol. The molecule has 0 amide bonds. The number of nitrogens with zero attached hydrogens (tertiary/aromatic N) is 2. The third-order valence-corrected chi connectivity index (χ3v) is 6.05. The highest BCUT2D eigenvalue weighted by Gasteiger charge is 2.37. The summed E-state index contributed by atoms with van der Waals surface area (Å²) in [4.78, 5) is 2.77. The molecule has 0 N–H and O–H groups in total. The summed E-state index contributed by atoms with van der Waals surface area (Å²) in [6, 6.07) is 7.73. The van der Waals surface area contributed by atoms with Crippen molar-refractivity contribution in [2.45, 2.75) is 50.4 Å². The summed E-state index contributed by atoms with van der Waals surface area (Å²) in [6.45, 7) is 4.87. The molecule has 0 saturated carbocycles. The van der Waals surface area contributed by atoms with Gasteiger partial charge in [0.15, 0.2) is 0 Å². The average Bonchev–Trinajstić information content (AvgIpc) is 2.88. The number of hydrogen-bond donors (Lipinski definition) is 0. The van der Waals surface area contributed by atoms with Crippen LogP contribution in [0.5, 0.6) is 0 Å². The van der Waals surface area contributed by atoms with Crippen LogP contribution < -0.4 is 0 Å². The second-order valence-corrected chi connectivity index (χ2v) is 7.67. The Morgan fingerprint density at radius 1 is 1.32 bits per heavy atom. The van der Waals surface area contributed by atoms with Gasteiger partial charge in [-0.05, 0) is 62.2 Å². The van der Waals surface area contributed by atoms with Gasteiger partial charge in [0.2, 0.25) is 0 Å². The number of likely N-dealkylation sites (tertiary alicyclic amines) is 1. The molecule has 2 aliphatic rings. The molecule has 22 heavy (non-hydrogen) atoms. The average molecular weight is 314 g/mol. The third-order valence-electron chi connectivity index (χ3n) is 5.52. The first-order chi connectivity index (χ1) is 10.8. The van der Waals surface area contributed by atoms with Crippen LogP contribution in [-0.4, -0.2) is 34.9 Å². The zero-order valence-electron chi connectivity index (χ0n) is 13.7. The molecule has 2 nitrogen and oxygen atoms in total. The molecular formula is C19H26N2S. The quantitative estimate of drug-likeness (QED) is 0.822. The van der Waals surface area contributed by atoms with Gasteiger partial charge in [-0.2, -0.15) is 0 Å². The van der Waals surface area contributed by atoms with E-state index in [1.165, 1.54) is 44.3 Å². The van der Waals surface area contributed by atoms with Gasteiger partial charge in [-0.1, -0.05) is 19.1 Å². The van der Waals surface area contributed by atoms with Gasteiger partial charge in [0, 0.05) is 29.1 Å². The molecule has 118 valence electrons. The van der Waals surface area contributed by atoms with E-state index in [9.17, 15) is 0 Å². The smallest absolute Gasteiger partial charge is 0.0680 e. The Labute approximate surface area is 137 Å². The summed E-state index contributed by atoms with van der Waals surface area (Å²) in [5.74, 6) is 1.81. The molecule has 3 heteroatoms. The molecule has 0 bridgehead atoms. The zero-order valence-corrected chi connectivity index (χ0v) is 14.5. The maximum atomic E-state index is 2.77. The SMILES string of the molecule is CCCN1CCC[C@@H]2c3cccc4c3c(cn4CSC)C[C@H]21. The molecule has 2 heterocycles. The summed E-state index contributed by atoms with van der Waals surface area (Å²) >= 11 is 1.91. The highest BCUT2D eigenvalue weighted by atomic mass is 32.2. The van der Waals surface area contributed by atoms with E-state index in [0.29, 0.717) is 0 Å². The summed E-state index contributed by atoms with van der Waals surface area (Å²) in [7, 11) is 0. The van der Waals surface area contributed by atoms with Crippen molar-refractivity contribution >= 4 is 22.7 Å². The highest BCUT2D eigenvalue weighted by Crippen LogP contribution is 2.44. The lowest BCUT2D eigenvalue weighted by Gasteiger charge is -2.44. The van der Waals surface area contributed by atoms with Gasteiger partial charge >= 0.3 is 0 Å². The van der Waals surface area contributed by atoms with Crippen LogP contribution >= 0.6 is 11.8 Å². The van der Waals surface area contributed by atoms with Crippen LogP contribution in [0.3, 0.4) is 0 Å². The van der Waals surface area contributed by atoms with E-state index in [0.717, 1.165) is 17.8 Å². The Morgan fingerprint density at radius 3 is 3.05 bits per heavy atom. The number of fused-ring (bicyclic) bond motifs is 2. The predicted molar refractivity (Wildman–Crippen MR) is 96.8 cm³/mol. The van der Waals surface area contributed by atoms with Gasteiger partial charge < -0.3 is 4.57 Å². The number of aromatic nitrogens is 1. The summed E-state index contributed by atoms with van der Waals surface area (Å²) in [6.07, 6.45) is 9.88. The molecule has 1 aromatic heterocycles. The lowest BCUT2D eigenvalue weighted by Crippen LogP contribution is -2.46. The Morgan fingerprint density at radius 2 is 2.23 bits per heavy atom. The molecule has 1 aromatic carbocycles. The molecule has 0 unspecified atom stereocenters. The van der Waals surface area contributed by atoms with Crippen molar-refractivity contribution in [1.29, 1.82) is 0 Å². The first-order valence-electron chi connectivity index (χ1n) is 8.67. The molecule has 1 fully saturated rings. The Kier molecular flexibility index (Phi) is 3.95. The van der Waals surface area contributed by atoms with Crippen molar-refractivity contribution in [3.63, 3.8) is 0 Å². The fourth-order valence-corrected chi connectivity index (χ4v) is 5.22. The lowest BCUT2D eigenvalue weighted by molar-refractivity contribution is 0.124. The fraction of sp³-hybridized carbons (Fsp3) is 0.579. The van der Waals surface area contributed by atoms with Gasteiger partial charge in [-0.3, -0.25) is 4.90 Å². The minimum Gasteiger partial charge on any atom is -0.337 e. The topological polar surface area (TPSA) is 8.17 Å². The van der Waals surface area contributed by atoms with Gasteiger partial charge in [0.25, 0.3) is 0 Å². The summed E-state index contributed by atoms with van der Waals surface area (Å²) in [5.41, 5.74) is 4.67. The molecule has 4 rings (SSSR count). The van der Waals surface area contributed by atoms with Crippen LogP contribution in [0.2, 0.25) is 0 Å². The normalized spacial score (nSPS) is 24.6. The van der Waals surface area contributed by atoms with Crippen molar-refractivity contribution in [3.05, 3.63) is 35.5 Å². The predicted octanol–water partition coefficient (Wildman–Crippen LogP) is 4.48. The van der Waals surface area contributed by atoms with E-state index in [2.05, 4.69) is 47.0 Å². The molecule has 1 saturated heterocycles. The highest BCUT2D eigenvalue weighted by molar-refractivity contribution is 7.97. The van der Waals surface area contributed by atoms with Gasteiger partial charge in [0.05, 0.1) is 5.88 Å². The van der Waals surface area contributed by atoms with Crippen LogP contribution in [0, 0.1) is 0 Å². The lowest BCUT2D eigenvalue weighted by atomic mass is 9.75. The number of hydrogen-bond acceptors (Lipinski definition) is 2.